The molecule has 0 fully saturated rings. The molecule has 7 nitrogen and oxygen atoms in total. The lowest BCUT2D eigenvalue weighted by molar-refractivity contribution is 0.101. The van der Waals surface area contributed by atoms with E-state index in [1.807, 2.05) is 35.0 Å². The number of carbonyl (C=O) groups is 2. The number of pyridine rings is 1. The first-order chi connectivity index (χ1) is 18.5. The summed E-state index contributed by atoms with van der Waals surface area (Å²) in [5, 5.41) is 10.3. The molecule has 0 aliphatic carbocycles. The van der Waals surface area contributed by atoms with Crippen molar-refractivity contribution in [3.8, 4) is 22.5 Å². The van der Waals surface area contributed by atoms with Gasteiger partial charge in [-0.1, -0.05) is 68.4 Å². The molecular formula is C29H25N5O2S2. The number of nitrogens with one attached hydrogen (secondary N) is 2. The maximum absolute atomic E-state index is 12.8. The van der Waals surface area contributed by atoms with Crippen LogP contribution in [0.5, 0.6) is 0 Å². The fraction of sp³-hybridized carbons (Fsp3) is 0.138. The highest BCUT2D eigenvalue weighted by molar-refractivity contribution is 7.14. The van der Waals surface area contributed by atoms with E-state index in [1.54, 1.807) is 18.2 Å². The minimum absolute atomic E-state index is 0.123. The Kier molecular flexibility index (Phi) is 7.67. The zero-order valence-corrected chi connectivity index (χ0v) is 22.5. The first kappa shape index (κ1) is 25.4. The average Bonchev–Trinajstić information content (AvgIpc) is 3.63. The quantitative estimate of drug-likeness (QED) is 0.222. The monoisotopic (exact) mass is 539 g/mol. The second kappa shape index (κ2) is 11.5. The van der Waals surface area contributed by atoms with Crippen LogP contribution in [0, 0.1) is 0 Å². The number of rotatable bonds is 8. The number of aryl methyl sites for hydroxylation is 2. The van der Waals surface area contributed by atoms with E-state index in [0.29, 0.717) is 10.3 Å². The van der Waals surface area contributed by atoms with Crippen LogP contribution < -0.4 is 10.6 Å². The zero-order valence-electron chi connectivity index (χ0n) is 20.9. The van der Waals surface area contributed by atoms with Gasteiger partial charge in [-0.15, -0.1) is 22.7 Å². The molecule has 0 bridgehead atoms. The third kappa shape index (κ3) is 5.85. The molecular weight excluding hydrogens is 514 g/mol. The summed E-state index contributed by atoms with van der Waals surface area (Å²) in [6.07, 6.45) is 1.95. The number of amides is 2. The Labute approximate surface area is 228 Å². The van der Waals surface area contributed by atoms with Crippen LogP contribution in [0.2, 0.25) is 0 Å². The summed E-state index contributed by atoms with van der Waals surface area (Å²) in [6, 6.07) is 21.1. The molecule has 0 saturated heterocycles. The lowest BCUT2D eigenvalue weighted by Crippen LogP contribution is -2.18. The van der Waals surface area contributed by atoms with Crippen LogP contribution in [0.15, 0.2) is 77.5 Å². The molecule has 2 N–H and O–H groups in total. The maximum atomic E-state index is 12.8. The summed E-state index contributed by atoms with van der Waals surface area (Å²) in [5.74, 6) is -0.872. The van der Waals surface area contributed by atoms with Gasteiger partial charge in [0.2, 0.25) is 0 Å². The Bertz CT molecular complexity index is 1460. The molecule has 5 aromatic rings. The molecule has 0 radical (unpaired) electrons. The van der Waals surface area contributed by atoms with Gasteiger partial charge in [0.25, 0.3) is 11.8 Å². The van der Waals surface area contributed by atoms with Crippen molar-refractivity contribution >= 4 is 44.8 Å². The Morgan fingerprint density at radius 3 is 1.45 bits per heavy atom. The summed E-state index contributed by atoms with van der Waals surface area (Å²) in [6.45, 7) is 4.22. The van der Waals surface area contributed by atoms with E-state index in [1.165, 1.54) is 33.8 Å². The Morgan fingerprint density at radius 1 is 0.632 bits per heavy atom. The van der Waals surface area contributed by atoms with Crippen molar-refractivity contribution in [3.05, 3.63) is 100 Å². The molecule has 3 aromatic heterocycles. The van der Waals surface area contributed by atoms with Crippen LogP contribution in [0.4, 0.5) is 10.3 Å². The van der Waals surface area contributed by atoms with Gasteiger partial charge in [0.1, 0.15) is 11.4 Å². The molecule has 0 aliphatic rings. The van der Waals surface area contributed by atoms with Gasteiger partial charge < -0.3 is 0 Å². The molecule has 2 amide bonds. The fourth-order valence-corrected chi connectivity index (χ4v) is 5.19. The Morgan fingerprint density at radius 2 is 1.05 bits per heavy atom. The van der Waals surface area contributed by atoms with E-state index < -0.39 is 11.8 Å². The van der Waals surface area contributed by atoms with Crippen molar-refractivity contribution in [3.63, 3.8) is 0 Å². The predicted octanol–water partition coefficient (Wildman–Crippen LogP) is 6.96. The molecule has 0 atom stereocenters. The first-order valence-electron chi connectivity index (χ1n) is 12.2. The van der Waals surface area contributed by atoms with Crippen molar-refractivity contribution in [2.45, 2.75) is 26.7 Å². The molecule has 3 heterocycles. The summed E-state index contributed by atoms with van der Waals surface area (Å²) in [7, 11) is 0. The topological polar surface area (TPSA) is 96.9 Å². The van der Waals surface area contributed by atoms with Crippen molar-refractivity contribution in [1.29, 1.82) is 0 Å². The fourth-order valence-electron chi connectivity index (χ4n) is 3.76. The Balaban J connectivity index is 1.23. The number of carbonyl (C=O) groups excluding carboxylic acids is 2. The molecule has 0 unspecified atom stereocenters. The molecule has 5 rings (SSSR count). The third-order valence-corrected chi connectivity index (χ3v) is 7.50. The van der Waals surface area contributed by atoms with Crippen LogP contribution in [0.3, 0.4) is 0 Å². The van der Waals surface area contributed by atoms with Crippen LogP contribution in [0.1, 0.15) is 46.0 Å². The van der Waals surface area contributed by atoms with Crippen LogP contribution in [-0.4, -0.2) is 26.8 Å². The highest BCUT2D eigenvalue weighted by Gasteiger charge is 2.16. The van der Waals surface area contributed by atoms with Crippen molar-refractivity contribution in [1.82, 2.24) is 15.0 Å². The predicted molar refractivity (Wildman–Crippen MR) is 154 cm³/mol. The number of thiazole rings is 2. The molecule has 0 spiro atoms. The first-order valence-corrected chi connectivity index (χ1v) is 14.0. The van der Waals surface area contributed by atoms with Crippen LogP contribution in [0.25, 0.3) is 22.5 Å². The van der Waals surface area contributed by atoms with E-state index in [4.69, 9.17) is 0 Å². The van der Waals surface area contributed by atoms with E-state index in [9.17, 15) is 9.59 Å². The standard InChI is InChI=1S/C29H25N5O2S2/c1-3-18-8-12-20(13-9-18)24-16-37-28(31-24)33-26(35)22-6-5-7-23(30-22)27(36)34-29-32-25(17-38-29)21-14-10-19(4-2)11-15-21/h5-17H,3-4H2,1-2H3,(H,31,33,35)(H,32,34,36). The highest BCUT2D eigenvalue weighted by atomic mass is 32.1. The average molecular weight is 540 g/mol. The van der Waals surface area contributed by atoms with E-state index in [-0.39, 0.29) is 11.4 Å². The number of aromatic nitrogens is 3. The van der Waals surface area contributed by atoms with Gasteiger partial charge in [-0.05, 0) is 36.1 Å². The minimum atomic E-state index is -0.436. The molecule has 0 aliphatic heterocycles. The molecule has 38 heavy (non-hydrogen) atoms. The second-order valence-electron chi connectivity index (χ2n) is 8.49. The Hall–Kier alpha value is -4.21. The van der Waals surface area contributed by atoms with Crippen molar-refractivity contribution in [2.75, 3.05) is 10.6 Å². The number of hydrogen-bond acceptors (Lipinski definition) is 7. The largest absolute Gasteiger partial charge is 0.296 e. The SMILES string of the molecule is CCc1ccc(-c2csc(NC(=O)c3cccc(C(=O)Nc4nc(-c5ccc(CC)cc5)cs4)n3)n2)cc1. The number of nitrogens with zero attached hydrogens (tertiary/aromatic N) is 3. The van der Waals surface area contributed by atoms with Crippen molar-refractivity contribution < 1.29 is 9.59 Å². The van der Waals surface area contributed by atoms with Gasteiger partial charge in [-0.2, -0.15) is 0 Å². The number of hydrogen-bond donors (Lipinski definition) is 2. The van der Waals surface area contributed by atoms with Gasteiger partial charge in [-0.3, -0.25) is 20.2 Å². The summed E-state index contributed by atoms with van der Waals surface area (Å²) < 4.78 is 0. The summed E-state index contributed by atoms with van der Waals surface area (Å²) in [5.41, 5.74) is 6.30. The van der Waals surface area contributed by atoms with Gasteiger partial charge in [0.05, 0.1) is 11.4 Å². The van der Waals surface area contributed by atoms with Gasteiger partial charge in [0.15, 0.2) is 10.3 Å². The van der Waals surface area contributed by atoms with Gasteiger partial charge >= 0.3 is 0 Å². The normalized spacial score (nSPS) is 10.8. The molecule has 9 heteroatoms. The van der Waals surface area contributed by atoms with Crippen LogP contribution >= 0.6 is 22.7 Å². The number of benzene rings is 2. The maximum Gasteiger partial charge on any atom is 0.276 e. The molecule has 190 valence electrons. The number of anilines is 2. The minimum Gasteiger partial charge on any atom is -0.296 e. The zero-order chi connectivity index (χ0) is 26.5. The van der Waals surface area contributed by atoms with Gasteiger partial charge in [-0.25, -0.2) is 15.0 Å². The molecule has 0 saturated carbocycles. The lowest BCUT2D eigenvalue weighted by Gasteiger charge is -2.05. The third-order valence-electron chi connectivity index (χ3n) is 5.98. The van der Waals surface area contributed by atoms with E-state index >= 15 is 0 Å². The van der Waals surface area contributed by atoms with Crippen molar-refractivity contribution in [2.24, 2.45) is 0 Å². The van der Waals surface area contributed by atoms with Crippen LogP contribution in [-0.2, 0) is 12.8 Å². The van der Waals surface area contributed by atoms with E-state index in [0.717, 1.165) is 35.4 Å². The summed E-state index contributed by atoms with van der Waals surface area (Å²) >= 11 is 2.67. The van der Waals surface area contributed by atoms with Gasteiger partial charge in [0, 0.05) is 21.9 Å². The van der Waals surface area contributed by atoms with E-state index in [2.05, 4.69) is 63.7 Å². The smallest absolute Gasteiger partial charge is 0.276 e. The molecule has 2 aromatic carbocycles. The second-order valence-corrected chi connectivity index (χ2v) is 10.2. The highest BCUT2D eigenvalue weighted by Crippen LogP contribution is 2.27. The lowest BCUT2D eigenvalue weighted by atomic mass is 10.1. The summed E-state index contributed by atoms with van der Waals surface area (Å²) in [4.78, 5) is 39.0.